The molecule has 3 rings (SSSR count). The number of nitrogens with zero attached hydrogens (tertiary/aromatic N) is 2. The molecule has 0 fully saturated rings. The van der Waals surface area contributed by atoms with E-state index in [9.17, 15) is 0 Å². The van der Waals surface area contributed by atoms with Gasteiger partial charge in [-0.25, -0.2) is 9.97 Å². The van der Waals surface area contributed by atoms with Gasteiger partial charge in [-0.3, -0.25) is 0 Å². The van der Waals surface area contributed by atoms with Crippen LogP contribution < -0.4 is 5.32 Å². The third kappa shape index (κ3) is 2.55. The van der Waals surface area contributed by atoms with E-state index in [2.05, 4.69) is 22.2 Å². The van der Waals surface area contributed by atoms with Gasteiger partial charge in [-0.15, -0.1) is 11.3 Å². The summed E-state index contributed by atoms with van der Waals surface area (Å²) in [5.41, 5.74) is 2.17. The highest BCUT2D eigenvalue weighted by molar-refractivity contribution is 7.18. The lowest BCUT2D eigenvalue weighted by Gasteiger charge is -2.05. The van der Waals surface area contributed by atoms with E-state index in [4.69, 9.17) is 11.6 Å². The van der Waals surface area contributed by atoms with Crippen LogP contribution in [-0.4, -0.2) is 9.97 Å². The van der Waals surface area contributed by atoms with Gasteiger partial charge in [-0.05, 0) is 32.0 Å². The van der Waals surface area contributed by atoms with E-state index < -0.39 is 0 Å². The Labute approximate surface area is 120 Å². The van der Waals surface area contributed by atoms with Crippen LogP contribution in [0.1, 0.15) is 10.4 Å². The van der Waals surface area contributed by atoms with Gasteiger partial charge in [0, 0.05) is 16.0 Å². The first-order chi connectivity index (χ1) is 9.11. The van der Waals surface area contributed by atoms with Gasteiger partial charge in [0.05, 0.1) is 0 Å². The van der Waals surface area contributed by atoms with Crippen molar-refractivity contribution in [3.05, 3.63) is 45.9 Å². The highest BCUT2D eigenvalue weighted by Crippen LogP contribution is 2.29. The van der Waals surface area contributed by atoms with Gasteiger partial charge in [-0.2, -0.15) is 0 Å². The molecule has 0 saturated carbocycles. The summed E-state index contributed by atoms with van der Waals surface area (Å²) in [5.74, 6) is 0.531. The van der Waals surface area contributed by atoms with Crippen LogP contribution in [0.5, 0.6) is 0 Å². The van der Waals surface area contributed by atoms with Gasteiger partial charge in [0.2, 0.25) is 5.95 Å². The number of rotatable bonds is 2. The quantitative estimate of drug-likeness (QED) is 0.695. The maximum absolute atomic E-state index is 6.18. The molecule has 2 aromatic heterocycles. The van der Waals surface area contributed by atoms with Crippen molar-refractivity contribution in [1.29, 1.82) is 0 Å². The number of fused-ring (bicyclic) bond motifs is 1. The molecule has 0 aliphatic rings. The minimum atomic E-state index is 0.490. The van der Waals surface area contributed by atoms with E-state index in [1.165, 1.54) is 10.4 Å². The number of aromatic nitrogens is 2. The fourth-order valence-electron chi connectivity index (χ4n) is 1.83. The Bertz CT molecular complexity index is 734. The molecule has 5 heteroatoms. The maximum Gasteiger partial charge on any atom is 0.230 e. The molecule has 0 aliphatic carbocycles. The molecule has 0 spiro atoms. The Hall–Kier alpha value is -1.65. The number of hydrogen-bond donors (Lipinski definition) is 1. The number of thiophene rings is 1. The standard InChI is InChI=1S/C14H12ClN3S/c1-8-3-5-10(6-4-8)16-14-17-12(15)11-7-9(2)19-13(11)18-14/h3-7H,1-2H3,(H,16,17,18). The molecule has 3 aromatic rings. The van der Waals surface area contributed by atoms with Crippen molar-refractivity contribution < 1.29 is 0 Å². The fourth-order valence-corrected chi connectivity index (χ4v) is 2.99. The van der Waals surface area contributed by atoms with Crippen LogP contribution in [0.2, 0.25) is 5.15 Å². The summed E-state index contributed by atoms with van der Waals surface area (Å²) in [5, 5.41) is 4.58. The summed E-state index contributed by atoms with van der Waals surface area (Å²) in [6, 6.07) is 10.1. The minimum absolute atomic E-state index is 0.490. The van der Waals surface area contributed by atoms with Crippen LogP contribution in [0.15, 0.2) is 30.3 Å². The fraction of sp³-hybridized carbons (Fsp3) is 0.143. The lowest BCUT2D eigenvalue weighted by Crippen LogP contribution is -1.96. The van der Waals surface area contributed by atoms with Crippen molar-refractivity contribution in [1.82, 2.24) is 9.97 Å². The Kier molecular flexibility index (Phi) is 3.12. The Morgan fingerprint density at radius 3 is 2.58 bits per heavy atom. The molecule has 19 heavy (non-hydrogen) atoms. The smallest absolute Gasteiger partial charge is 0.230 e. The van der Waals surface area contributed by atoms with Gasteiger partial charge >= 0.3 is 0 Å². The third-order valence-corrected chi connectivity index (χ3v) is 4.01. The second kappa shape index (κ2) is 4.79. The molecule has 0 bridgehead atoms. The van der Waals surface area contributed by atoms with E-state index in [0.29, 0.717) is 11.1 Å². The molecule has 0 radical (unpaired) electrons. The molecular weight excluding hydrogens is 278 g/mol. The first-order valence-electron chi connectivity index (χ1n) is 5.89. The van der Waals surface area contributed by atoms with Gasteiger partial charge in [0.25, 0.3) is 0 Å². The first-order valence-corrected chi connectivity index (χ1v) is 7.08. The van der Waals surface area contributed by atoms with Gasteiger partial charge < -0.3 is 5.32 Å². The van der Waals surface area contributed by atoms with E-state index in [0.717, 1.165) is 15.9 Å². The molecule has 0 amide bonds. The molecule has 3 nitrogen and oxygen atoms in total. The van der Waals surface area contributed by atoms with Crippen molar-refractivity contribution in [2.45, 2.75) is 13.8 Å². The van der Waals surface area contributed by atoms with E-state index in [1.54, 1.807) is 11.3 Å². The number of anilines is 2. The van der Waals surface area contributed by atoms with Gasteiger partial charge in [-0.1, -0.05) is 29.3 Å². The van der Waals surface area contributed by atoms with E-state index in [-0.39, 0.29) is 0 Å². The maximum atomic E-state index is 6.18. The molecule has 0 aliphatic heterocycles. The Morgan fingerprint density at radius 2 is 1.84 bits per heavy atom. The SMILES string of the molecule is Cc1ccc(Nc2nc(Cl)c3cc(C)sc3n2)cc1. The zero-order valence-electron chi connectivity index (χ0n) is 10.6. The van der Waals surface area contributed by atoms with Crippen molar-refractivity contribution >= 4 is 44.8 Å². The zero-order chi connectivity index (χ0) is 13.4. The number of benzene rings is 1. The monoisotopic (exact) mass is 289 g/mol. The van der Waals surface area contributed by atoms with Crippen molar-refractivity contribution in [3.8, 4) is 0 Å². The van der Waals surface area contributed by atoms with Crippen LogP contribution in [0, 0.1) is 13.8 Å². The molecule has 96 valence electrons. The topological polar surface area (TPSA) is 37.8 Å². The first kappa shape index (κ1) is 12.4. The summed E-state index contributed by atoms with van der Waals surface area (Å²) in [6.07, 6.45) is 0. The zero-order valence-corrected chi connectivity index (χ0v) is 12.1. The third-order valence-electron chi connectivity index (χ3n) is 2.78. The normalized spacial score (nSPS) is 10.9. The molecule has 1 N–H and O–H groups in total. The minimum Gasteiger partial charge on any atom is -0.324 e. The Morgan fingerprint density at radius 1 is 1.11 bits per heavy atom. The lowest BCUT2D eigenvalue weighted by atomic mass is 10.2. The molecule has 1 aromatic carbocycles. The number of halogens is 1. The van der Waals surface area contributed by atoms with Crippen LogP contribution in [-0.2, 0) is 0 Å². The predicted octanol–water partition coefficient (Wildman–Crippen LogP) is 4.71. The van der Waals surface area contributed by atoms with Crippen molar-refractivity contribution in [2.75, 3.05) is 5.32 Å². The summed E-state index contributed by atoms with van der Waals surface area (Å²) in [4.78, 5) is 10.9. The lowest BCUT2D eigenvalue weighted by molar-refractivity contribution is 1.22. The second-order valence-electron chi connectivity index (χ2n) is 4.40. The van der Waals surface area contributed by atoms with Crippen LogP contribution in [0.4, 0.5) is 11.6 Å². The van der Waals surface area contributed by atoms with Crippen LogP contribution in [0.25, 0.3) is 10.2 Å². The molecule has 0 saturated heterocycles. The highest BCUT2D eigenvalue weighted by atomic mass is 35.5. The Balaban J connectivity index is 1.98. The predicted molar refractivity (Wildman–Crippen MR) is 81.6 cm³/mol. The molecule has 2 heterocycles. The summed E-state index contributed by atoms with van der Waals surface area (Å²) in [7, 11) is 0. The van der Waals surface area contributed by atoms with Crippen LogP contribution >= 0.6 is 22.9 Å². The second-order valence-corrected chi connectivity index (χ2v) is 6.00. The van der Waals surface area contributed by atoms with Crippen molar-refractivity contribution in [3.63, 3.8) is 0 Å². The van der Waals surface area contributed by atoms with E-state index in [1.807, 2.05) is 37.3 Å². The number of aryl methyl sites for hydroxylation is 2. The largest absolute Gasteiger partial charge is 0.324 e. The molecule has 0 unspecified atom stereocenters. The molecule has 0 atom stereocenters. The highest BCUT2D eigenvalue weighted by Gasteiger charge is 2.08. The number of nitrogens with one attached hydrogen (secondary N) is 1. The molecular formula is C14H12ClN3S. The van der Waals surface area contributed by atoms with Crippen LogP contribution in [0.3, 0.4) is 0 Å². The van der Waals surface area contributed by atoms with Gasteiger partial charge in [0.15, 0.2) is 0 Å². The van der Waals surface area contributed by atoms with Gasteiger partial charge in [0.1, 0.15) is 9.98 Å². The number of hydrogen-bond acceptors (Lipinski definition) is 4. The summed E-state index contributed by atoms with van der Waals surface area (Å²) in [6.45, 7) is 4.09. The van der Waals surface area contributed by atoms with E-state index >= 15 is 0 Å². The summed E-state index contributed by atoms with van der Waals surface area (Å²) >= 11 is 7.80. The average Bonchev–Trinajstić information content (AvgIpc) is 2.73. The summed E-state index contributed by atoms with van der Waals surface area (Å²) < 4.78 is 0. The average molecular weight is 290 g/mol. The van der Waals surface area contributed by atoms with Crippen molar-refractivity contribution in [2.24, 2.45) is 0 Å².